The van der Waals surface area contributed by atoms with Crippen molar-refractivity contribution in [3.05, 3.63) is 41.0 Å². The number of oxime groups is 1. The Bertz CT molecular complexity index is 1020. The van der Waals surface area contributed by atoms with E-state index in [9.17, 15) is 14.4 Å². The highest BCUT2D eigenvalue weighted by Gasteiger charge is 2.40. The standard InChI is InChI=1S/C24H33N3O6S/c1-7-9-18(19-12-17(31-10-8-2)13-20(28)32-19)25-23(30)24(6)14-34-22(26-24)16(5)27-33-21(29)11-15(3)4/h8,12-13,15,18H,2,7,9-11,14H2,1,3-6H3,(H,25,30)/b27-16+/t18-,24+/m1/s1. The molecule has 0 aliphatic carbocycles. The SMILES string of the molecule is C=CCOc1cc([C@@H](CCC)NC(=O)[C@]2(C)CSC(/C(C)=N/OC(=O)CC(C)C)=N2)oc(=O)c1. The van der Waals surface area contributed by atoms with Crippen LogP contribution in [0.15, 0.2) is 44.1 Å². The highest BCUT2D eigenvalue weighted by molar-refractivity contribution is 8.16. The van der Waals surface area contributed by atoms with Gasteiger partial charge in [0.25, 0.3) is 0 Å². The predicted octanol–water partition coefficient (Wildman–Crippen LogP) is 4.03. The van der Waals surface area contributed by atoms with Crippen LogP contribution in [0, 0.1) is 5.92 Å². The fourth-order valence-corrected chi connectivity index (χ4v) is 4.23. The first-order chi connectivity index (χ1) is 16.1. The molecule has 2 rings (SSSR count). The molecule has 1 aromatic heterocycles. The second kappa shape index (κ2) is 12.5. The van der Waals surface area contributed by atoms with E-state index < -0.39 is 23.2 Å². The van der Waals surface area contributed by atoms with Gasteiger partial charge in [-0.05, 0) is 26.2 Å². The zero-order valence-corrected chi connectivity index (χ0v) is 21.2. The molecular formula is C24H33N3O6S. The van der Waals surface area contributed by atoms with Crippen LogP contribution in [-0.2, 0) is 14.4 Å². The fraction of sp³-hybridized carbons (Fsp3) is 0.542. The minimum atomic E-state index is -1.05. The summed E-state index contributed by atoms with van der Waals surface area (Å²) in [5, 5.41) is 7.38. The summed E-state index contributed by atoms with van der Waals surface area (Å²) in [7, 11) is 0. The van der Waals surface area contributed by atoms with E-state index in [1.54, 1.807) is 26.0 Å². The first kappa shape index (κ1) is 27.4. The third-order valence-corrected chi connectivity index (χ3v) is 6.22. The Morgan fingerprint density at radius 2 is 2.15 bits per heavy atom. The number of nitrogens with one attached hydrogen (secondary N) is 1. The highest BCUT2D eigenvalue weighted by Crippen LogP contribution is 2.30. The lowest BCUT2D eigenvalue weighted by Crippen LogP contribution is -2.45. The van der Waals surface area contributed by atoms with Gasteiger partial charge in [-0.15, -0.1) is 11.8 Å². The molecule has 0 fully saturated rings. The van der Waals surface area contributed by atoms with Gasteiger partial charge in [0, 0.05) is 11.8 Å². The van der Waals surface area contributed by atoms with E-state index in [1.165, 1.54) is 17.8 Å². The molecule has 1 aliphatic rings. The molecule has 186 valence electrons. The van der Waals surface area contributed by atoms with Crippen LogP contribution in [0.1, 0.15) is 65.7 Å². The zero-order valence-electron chi connectivity index (χ0n) is 20.4. The van der Waals surface area contributed by atoms with E-state index in [0.29, 0.717) is 34.4 Å². The number of rotatable bonds is 12. The summed E-state index contributed by atoms with van der Waals surface area (Å²) >= 11 is 1.37. The Kier molecular flexibility index (Phi) is 10.1. The van der Waals surface area contributed by atoms with Crippen LogP contribution in [0.25, 0.3) is 0 Å². The number of hydrogen-bond acceptors (Lipinski definition) is 9. The largest absolute Gasteiger partial charge is 0.489 e. The number of hydrogen-bond donors (Lipinski definition) is 1. The monoisotopic (exact) mass is 491 g/mol. The maximum atomic E-state index is 13.2. The van der Waals surface area contributed by atoms with Gasteiger partial charge in [0.1, 0.15) is 34.4 Å². The van der Waals surface area contributed by atoms with Gasteiger partial charge in [-0.1, -0.05) is 45.0 Å². The Hall–Kier alpha value is -2.88. The number of ether oxygens (including phenoxy) is 1. The van der Waals surface area contributed by atoms with Crippen molar-refractivity contribution < 1.29 is 23.6 Å². The summed E-state index contributed by atoms with van der Waals surface area (Å²) in [6.45, 7) is 13.1. The van der Waals surface area contributed by atoms with E-state index in [1.807, 2.05) is 20.8 Å². The van der Waals surface area contributed by atoms with E-state index in [-0.39, 0.29) is 24.9 Å². The Morgan fingerprint density at radius 3 is 2.79 bits per heavy atom. The van der Waals surface area contributed by atoms with Crippen LogP contribution < -0.4 is 15.7 Å². The third-order valence-electron chi connectivity index (χ3n) is 4.85. The fourth-order valence-electron chi connectivity index (χ4n) is 3.10. The maximum Gasteiger partial charge on any atom is 0.339 e. The minimum absolute atomic E-state index is 0.169. The summed E-state index contributed by atoms with van der Waals surface area (Å²) in [5.74, 6) is 0.507. The summed E-state index contributed by atoms with van der Waals surface area (Å²) in [6, 6.07) is 2.33. The van der Waals surface area contributed by atoms with Gasteiger partial charge in [-0.25, -0.2) is 9.59 Å². The second-order valence-corrected chi connectivity index (χ2v) is 9.61. The molecule has 0 unspecified atom stereocenters. The van der Waals surface area contributed by atoms with Gasteiger partial charge in [0.2, 0.25) is 5.91 Å². The lowest BCUT2D eigenvalue weighted by atomic mass is 10.0. The molecule has 1 N–H and O–H groups in total. The van der Waals surface area contributed by atoms with Crippen LogP contribution in [0.4, 0.5) is 0 Å². The predicted molar refractivity (Wildman–Crippen MR) is 133 cm³/mol. The average molecular weight is 492 g/mol. The molecule has 0 radical (unpaired) electrons. The number of carbonyl (C=O) groups excluding carboxylic acids is 2. The molecule has 2 heterocycles. The van der Waals surface area contributed by atoms with Crippen LogP contribution >= 0.6 is 11.8 Å². The molecule has 9 nitrogen and oxygen atoms in total. The molecule has 0 aromatic carbocycles. The highest BCUT2D eigenvalue weighted by atomic mass is 32.2. The van der Waals surface area contributed by atoms with E-state index in [2.05, 4.69) is 22.0 Å². The first-order valence-corrected chi connectivity index (χ1v) is 12.2. The van der Waals surface area contributed by atoms with Crippen LogP contribution in [0.2, 0.25) is 0 Å². The molecular weight excluding hydrogens is 458 g/mol. The number of amides is 1. The topological polar surface area (TPSA) is 120 Å². The molecule has 1 amide bonds. The van der Waals surface area contributed by atoms with Crippen molar-refractivity contribution in [2.24, 2.45) is 16.1 Å². The third kappa shape index (κ3) is 7.86. The van der Waals surface area contributed by atoms with Gasteiger partial charge in [0.05, 0.1) is 18.5 Å². The molecule has 34 heavy (non-hydrogen) atoms. The summed E-state index contributed by atoms with van der Waals surface area (Å²) in [4.78, 5) is 46.5. The van der Waals surface area contributed by atoms with E-state index in [4.69, 9.17) is 14.0 Å². The summed E-state index contributed by atoms with van der Waals surface area (Å²) < 4.78 is 10.8. The molecule has 0 saturated heterocycles. The smallest absolute Gasteiger partial charge is 0.339 e. The number of nitrogens with zero attached hydrogens (tertiary/aromatic N) is 2. The normalized spacial score (nSPS) is 18.9. The molecule has 0 bridgehead atoms. The average Bonchev–Trinajstić information content (AvgIpc) is 3.18. The molecule has 0 spiro atoms. The quantitative estimate of drug-likeness (QED) is 0.203. The van der Waals surface area contributed by atoms with Crippen molar-refractivity contribution in [1.29, 1.82) is 0 Å². The van der Waals surface area contributed by atoms with E-state index >= 15 is 0 Å². The van der Waals surface area contributed by atoms with Crippen LogP contribution in [-0.4, -0.2) is 40.5 Å². The Labute approximate surface area is 204 Å². The maximum absolute atomic E-state index is 13.2. The minimum Gasteiger partial charge on any atom is -0.489 e. The Morgan fingerprint density at radius 1 is 1.41 bits per heavy atom. The first-order valence-electron chi connectivity index (χ1n) is 11.2. The van der Waals surface area contributed by atoms with Crippen molar-refractivity contribution >= 4 is 34.4 Å². The van der Waals surface area contributed by atoms with Gasteiger partial charge in [-0.3, -0.25) is 9.79 Å². The zero-order chi connectivity index (χ0) is 25.3. The summed E-state index contributed by atoms with van der Waals surface area (Å²) in [6.07, 6.45) is 3.15. The van der Waals surface area contributed by atoms with Gasteiger partial charge in [-0.2, -0.15) is 0 Å². The van der Waals surface area contributed by atoms with Gasteiger partial charge < -0.3 is 19.3 Å². The van der Waals surface area contributed by atoms with Crippen molar-refractivity contribution in [2.75, 3.05) is 12.4 Å². The molecule has 2 atom stereocenters. The molecule has 1 aliphatic heterocycles. The van der Waals surface area contributed by atoms with Gasteiger partial charge >= 0.3 is 11.6 Å². The van der Waals surface area contributed by atoms with Crippen molar-refractivity contribution in [3.63, 3.8) is 0 Å². The number of thioether (sulfide) groups is 1. The molecule has 1 aromatic rings. The summed E-state index contributed by atoms with van der Waals surface area (Å²) in [5.41, 5.74) is -1.18. The van der Waals surface area contributed by atoms with Crippen molar-refractivity contribution in [2.45, 2.75) is 65.5 Å². The lowest BCUT2D eigenvalue weighted by molar-refractivity contribution is -0.144. The molecule has 0 saturated carbocycles. The van der Waals surface area contributed by atoms with Crippen molar-refractivity contribution in [3.8, 4) is 5.75 Å². The second-order valence-electron chi connectivity index (χ2n) is 8.65. The van der Waals surface area contributed by atoms with Crippen LogP contribution in [0.5, 0.6) is 5.75 Å². The van der Waals surface area contributed by atoms with Gasteiger partial charge in [0.15, 0.2) is 0 Å². The number of aliphatic imine (C=N–C) groups is 1. The lowest BCUT2D eigenvalue weighted by Gasteiger charge is -2.24. The Balaban J connectivity index is 2.16. The van der Waals surface area contributed by atoms with E-state index in [0.717, 1.165) is 6.42 Å². The van der Waals surface area contributed by atoms with Crippen molar-refractivity contribution in [1.82, 2.24) is 5.32 Å². The number of carbonyl (C=O) groups is 2. The van der Waals surface area contributed by atoms with Crippen LogP contribution in [0.3, 0.4) is 0 Å². The molecule has 10 heteroatoms.